The van der Waals surface area contributed by atoms with Crippen LogP contribution in [0.4, 0.5) is 11.4 Å². The largest absolute Gasteiger partial charge is 0.342 e. The molecule has 0 heterocycles. The molecule has 0 aliphatic heterocycles. The molecule has 0 aromatic heterocycles. The van der Waals surface area contributed by atoms with Crippen molar-refractivity contribution in [2.45, 2.75) is 20.8 Å². The Kier molecular flexibility index (Phi) is 3.48. The summed E-state index contributed by atoms with van der Waals surface area (Å²) < 4.78 is 0. The highest BCUT2D eigenvalue weighted by Crippen LogP contribution is 2.27. The summed E-state index contributed by atoms with van der Waals surface area (Å²) in [6.45, 7) is 7.44. The molecule has 0 amide bonds. The minimum atomic E-state index is 0.980. The van der Waals surface area contributed by atoms with E-state index in [0.717, 1.165) is 6.54 Å². The Hall–Kier alpha value is -1.76. The molecule has 1 heteroatoms. The van der Waals surface area contributed by atoms with Gasteiger partial charge in [-0.05, 0) is 44.5 Å². The second-order valence-corrected chi connectivity index (χ2v) is 4.37. The Morgan fingerprint density at radius 2 is 1.53 bits per heavy atom. The van der Waals surface area contributed by atoms with E-state index in [1.165, 1.54) is 22.5 Å². The molecule has 0 radical (unpaired) electrons. The smallest absolute Gasteiger partial charge is 0.0440 e. The lowest BCUT2D eigenvalue weighted by molar-refractivity contribution is 1.01. The zero-order valence-electron chi connectivity index (χ0n) is 10.8. The van der Waals surface area contributed by atoms with Crippen molar-refractivity contribution in [1.82, 2.24) is 0 Å². The number of hydrogen-bond donors (Lipinski definition) is 0. The lowest BCUT2D eigenvalue weighted by atomic mass is 10.1. The van der Waals surface area contributed by atoms with Crippen LogP contribution in [0.2, 0.25) is 0 Å². The summed E-state index contributed by atoms with van der Waals surface area (Å²) in [5.41, 5.74) is 5.16. The summed E-state index contributed by atoms with van der Waals surface area (Å²) in [6, 6.07) is 17.2. The van der Waals surface area contributed by atoms with E-state index in [9.17, 15) is 0 Å². The van der Waals surface area contributed by atoms with Crippen molar-refractivity contribution in [2.24, 2.45) is 0 Å². The molecule has 2 aromatic carbocycles. The molecule has 88 valence electrons. The third kappa shape index (κ3) is 2.50. The average molecular weight is 225 g/mol. The van der Waals surface area contributed by atoms with Crippen molar-refractivity contribution >= 4 is 11.4 Å². The highest BCUT2D eigenvalue weighted by Gasteiger charge is 2.08. The SMILES string of the molecule is CCN(c1ccc(C)cc1)c1ccccc1C. The third-order valence-electron chi connectivity index (χ3n) is 3.07. The normalized spacial score (nSPS) is 10.3. The van der Waals surface area contributed by atoms with Crippen LogP contribution in [0, 0.1) is 13.8 Å². The van der Waals surface area contributed by atoms with Gasteiger partial charge >= 0.3 is 0 Å². The van der Waals surface area contributed by atoms with E-state index in [4.69, 9.17) is 0 Å². The van der Waals surface area contributed by atoms with Crippen LogP contribution >= 0.6 is 0 Å². The van der Waals surface area contributed by atoms with Gasteiger partial charge in [-0.1, -0.05) is 35.9 Å². The molecular formula is C16H19N. The molecule has 0 aliphatic carbocycles. The monoisotopic (exact) mass is 225 g/mol. The Morgan fingerprint density at radius 3 is 2.12 bits per heavy atom. The van der Waals surface area contributed by atoms with Crippen LogP contribution in [0.3, 0.4) is 0 Å². The van der Waals surface area contributed by atoms with Gasteiger partial charge < -0.3 is 4.90 Å². The lowest BCUT2D eigenvalue weighted by Gasteiger charge is -2.25. The molecule has 0 atom stereocenters. The maximum absolute atomic E-state index is 2.34. The standard InChI is InChI=1S/C16H19N/c1-4-17(15-11-9-13(2)10-12-15)16-8-6-5-7-14(16)3/h5-12H,4H2,1-3H3. The van der Waals surface area contributed by atoms with E-state index < -0.39 is 0 Å². The van der Waals surface area contributed by atoms with Crippen LogP contribution in [0.5, 0.6) is 0 Å². The molecule has 2 rings (SSSR count). The number of nitrogens with zero attached hydrogens (tertiary/aromatic N) is 1. The van der Waals surface area contributed by atoms with Gasteiger partial charge in [-0.2, -0.15) is 0 Å². The quantitative estimate of drug-likeness (QED) is 0.745. The highest BCUT2D eigenvalue weighted by atomic mass is 15.1. The van der Waals surface area contributed by atoms with Crippen LogP contribution in [-0.4, -0.2) is 6.54 Å². The van der Waals surface area contributed by atoms with Crippen LogP contribution in [0.15, 0.2) is 48.5 Å². The van der Waals surface area contributed by atoms with Crippen LogP contribution in [0.1, 0.15) is 18.1 Å². The van der Waals surface area contributed by atoms with Crippen molar-refractivity contribution in [2.75, 3.05) is 11.4 Å². The van der Waals surface area contributed by atoms with Gasteiger partial charge in [-0.25, -0.2) is 0 Å². The van der Waals surface area contributed by atoms with Crippen molar-refractivity contribution in [3.05, 3.63) is 59.7 Å². The summed E-state index contributed by atoms with van der Waals surface area (Å²) >= 11 is 0. The predicted octanol–water partition coefficient (Wildman–Crippen LogP) is 4.46. The number of hydrogen-bond acceptors (Lipinski definition) is 1. The van der Waals surface area contributed by atoms with Gasteiger partial charge in [0.15, 0.2) is 0 Å². The topological polar surface area (TPSA) is 3.24 Å². The molecule has 0 spiro atoms. The molecule has 0 unspecified atom stereocenters. The molecule has 0 N–H and O–H groups in total. The second-order valence-electron chi connectivity index (χ2n) is 4.37. The molecule has 2 aromatic rings. The molecular weight excluding hydrogens is 206 g/mol. The van der Waals surface area contributed by atoms with E-state index in [-0.39, 0.29) is 0 Å². The second kappa shape index (κ2) is 5.05. The van der Waals surface area contributed by atoms with Gasteiger partial charge in [-0.15, -0.1) is 0 Å². The average Bonchev–Trinajstić information content (AvgIpc) is 2.35. The molecule has 17 heavy (non-hydrogen) atoms. The fraction of sp³-hybridized carbons (Fsp3) is 0.250. The van der Waals surface area contributed by atoms with E-state index in [0.29, 0.717) is 0 Å². The summed E-state index contributed by atoms with van der Waals surface area (Å²) in [5.74, 6) is 0. The first-order valence-electron chi connectivity index (χ1n) is 6.12. The van der Waals surface area contributed by atoms with Crippen LogP contribution in [-0.2, 0) is 0 Å². The maximum atomic E-state index is 2.34. The predicted molar refractivity (Wildman–Crippen MR) is 75.0 cm³/mol. The Balaban J connectivity index is 2.40. The fourth-order valence-corrected chi connectivity index (χ4v) is 2.08. The first kappa shape index (κ1) is 11.7. The number of anilines is 2. The van der Waals surface area contributed by atoms with Crippen molar-refractivity contribution in [3.8, 4) is 0 Å². The summed E-state index contributed by atoms with van der Waals surface area (Å²) in [5, 5.41) is 0. The van der Waals surface area contributed by atoms with Gasteiger partial charge in [-0.3, -0.25) is 0 Å². The molecule has 0 saturated carbocycles. The summed E-state index contributed by atoms with van der Waals surface area (Å²) in [7, 11) is 0. The van der Waals surface area contributed by atoms with Crippen LogP contribution < -0.4 is 4.90 Å². The van der Waals surface area contributed by atoms with E-state index in [1.807, 2.05) is 0 Å². The zero-order chi connectivity index (χ0) is 12.3. The Bertz CT molecular complexity index is 485. The summed E-state index contributed by atoms with van der Waals surface area (Å²) in [4.78, 5) is 2.34. The van der Waals surface area contributed by atoms with Gasteiger partial charge in [0.2, 0.25) is 0 Å². The van der Waals surface area contributed by atoms with Crippen molar-refractivity contribution in [3.63, 3.8) is 0 Å². The molecule has 0 aliphatic rings. The van der Waals surface area contributed by atoms with E-state index in [2.05, 4.69) is 74.2 Å². The number of rotatable bonds is 3. The van der Waals surface area contributed by atoms with Gasteiger partial charge in [0.05, 0.1) is 0 Å². The van der Waals surface area contributed by atoms with Gasteiger partial charge in [0, 0.05) is 17.9 Å². The van der Waals surface area contributed by atoms with E-state index >= 15 is 0 Å². The molecule has 0 bridgehead atoms. The fourth-order valence-electron chi connectivity index (χ4n) is 2.08. The van der Waals surface area contributed by atoms with Crippen molar-refractivity contribution < 1.29 is 0 Å². The van der Waals surface area contributed by atoms with Gasteiger partial charge in [0.1, 0.15) is 0 Å². The molecule has 1 nitrogen and oxygen atoms in total. The maximum Gasteiger partial charge on any atom is 0.0440 e. The molecule has 0 fully saturated rings. The lowest BCUT2D eigenvalue weighted by Crippen LogP contribution is -2.16. The number of benzene rings is 2. The third-order valence-corrected chi connectivity index (χ3v) is 3.07. The number of para-hydroxylation sites is 1. The van der Waals surface area contributed by atoms with Gasteiger partial charge in [0.25, 0.3) is 0 Å². The summed E-state index contributed by atoms with van der Waals surface area (Å²) in [6.07, 6.45) is 0. The first-order valence-corrected chi connectivity index (χ1v) is 6.12. The Morgan fingerprint density at radius 1 is 0.882 bits per heavy atom. The molecule has 0 saturated heterocycles. The van der Waals surface area contributed by atoms with Crippen LogP contribution in [0.25, 0.3) is 0 Å². The highest BCUT2D eigenvalue weighted by molar-refractivity contribution is 5.66. The van der Waals surface area contributed by atoms with E-state index in [1.54, 1.807) is 0 Å². The van der Waals surface area contributed by atoms with Crippen molar-refractivity contribution in [1.29, 1.82) is 0 Å². The Labute approximate surface area is 104 Å². The first-order chi connectivity index (χ1) is 8.22. The minimum absolute atomic E-state index is 0.980. The zero-order valence-corrected chi connectivity index (χ0v) is 10.8. The minimum Gasteiger partial charge on any atom is -0.342 e. The number of aryl methyl sites for hydroxylation is 2.